The predicted molar refractivity (Wildman–Crippen MR) is 173 cm³/mol. The number of aryl methyl sites for hydroxylation is 1. The fraction of sp³-hybridized carbons (Fsp3) is 0.382. The van der Waals surface area contributed by atoms with Crippen LogP contribution in [0.3, 0.4) is 0 Å². The Balaban J connectivity index is 1.79. The Morgan fingerprint density at radius 1 is 0.744 bits per heavy atom. The van der Waals surface area contributed by atoms with E-state index in [9.17, 15) is 0 Å². The predicted octanol–water partition coefficient (Wildman–Crippen LogP) is 9.90. The van der Waals surface area contributed by atoms with E-state index in [0.29, 0.717) is 55.3 Å². The average molecular weight is 603 g/mol. The second kappa shape index (κ2) is 16.6. The summed E-state index contributed by atoms with van der Waals surface area (Å²) in [7, 11) is 0. The third-order valence-electron chi connectivity index (χ3n) is 6.39. The first kappa shape index (κ1) is 31.9. The maximum absolute atomic E-state index is 6.29. The molecule has 0 saturated heterocycles. The second-order valence-corrected chi connectivity index (χ2v) is 11.0. The topological polar surface area (TPSA) is 79.5 Å². The highest BCUT2D eigenvalue weighted by atomic mass is 32.2. The molecule has 1 heterocycles. The molecule has 0 N–H and O–H groups in total. The highest BCUT2D eigenvalue weighted by Crippen LogP contribution is 2.45. The lowest BCUT2D eigenvalue weighted by atomic mass is 10.2. The highest BCUT2D eigenvalue weighted by Gasteiger charge is 2.23. The zero-order valence-corrected chi connectivity index (χ0v) is 26.7. The van der Waals surface area contributed by atoms with E-state index in [1.54, 1.807) is 16.4 Å². The summed E-state index contributed by atoms with van der Waals surface area (Å²) in [6.45, 7) is 12.2. The quantitative estimate of drug-likeness (QED) is 0.0884. The Hall–Kier alpha value is -3.98. The first-order valence-electron chi connectivity index (χ1n) is 15.1. The maximum Gasteiger partial charge on any atom is 0.265 e. The van der Waals surface area contributed by atoms with Crippen LogP contribution in [0.25, 0.3) is 5.69 Å². The minimum atomic E-state index is 0.345. The standard InChI is InChI=1S/C34H42N4O4S/c1-6-10-21-41-29-24-31(43-27-19-17-25(5)18-20-27)30(42-22-11-7-2)23-28(29)35-36-32-33(39-8-3)37-38(34(32)40-9-4)26-15-13-12-14-16-26/h12-20,23-24H,6-11,21-22H2,1-5H3. The molecule has 0 bridgehead atoms. The Kier molecular flexibility index (Phi) is 12.3. The van der Waals surface area contributed by atoms with Gasteiger partial charge in [0.25, 0.3) is 5.88 Å². The fourth-order valence-electron chi connectivity index (χ4n) is 4.11. The van der Waals surface area contributed by atoms with Crippen molar-refractivity contribution in [2.24, 2.45) is 10.2 Å². The molecule has 0 unspecified atom stereocenters. The molecule has 0 aliphatic rings. The fourth-order valence-corrected chi connectivity index (χ4v) is 5.02. The number of para-hydroxylation sites is 1. The molecule has 3 aromatic carbocycles. The molecule has 8 nitrogen and oxygen atoms in total. The summed E-state index contributed by atoms with van der Waals surface area (Å²) < 4.78 is 26.2. The van der Waals surface area contributed by atoms with Gasteiger partial charge >= 0.3 is 0 Å². The van der Waals surface area contributed by atoms with Crippen molar-refractivity contribution in [1.82, 2.24) is 9.78 Å². The molecule has 43 heavy (non-hydrogen) atoms. The summed E-state index contributed by atoms with van der Waals surface area (Å²) in [5.41, 5.74) is 3.03. The molecule has 0 aliphatic carbocycles. The van der Waals surface area contributed by atoms with Gasteiger partial charge in [0.2, 0.25) is 11.6 Å². The number of nitrogens with zero attached hydrogens (tertiary/aromatic N) is 4. The number of benzene rings is 3. The Morgan fingerprint density at radius 3 is 2.07 bits per heavy atom. The molecule has 0 radical (unpaired) electrons. The van der Waals surface area contributed by atoms with Gasteiger partial charge in [-0.25, -0.2) is 0 Å². The molecule has 4 rings (SSSR count). The van der Waals surface area contributed by atoms with Crippen LogP contribution in [0.2, 0.25) is 0 Å². The van der Waals surface area contributed by atoms with Gasteiger partial charge in [-0.3, -0.25) is 0 Å². The van der Waals surface area contributed by atoms with Gasteiger partial charge in [-0.2, -0.15) is 4.68 Å². The summed E-state index contributed by atoms with van der Waals surface area (Å²) in [4.78, 5) is 2.09. The van der Waals surface area contributed by atoms with E-state index in [2.05, 4.69) is 55.2 Å². The first-order valence-corrected chi connectivity index (χ1v) is 15.9. The molecule has 0 saturated carbocycles. The van der Waals surface area contributed by atoms with Crippen LogP contribution >= 0.6 is 11.8 Å². The minimum Gasteiger partial charge on any atom is -0.492 e. The van der Waals surface area contributed by atoms with Crippen LogP contribution in [0, 0.1) is 6.92 Å². The zero-order valence-electron chi connectivity index (χ0n) is 25.8. The SMILES string of the molecule is CCCCOc1cc(Sc2ccc(C)cc2)c(OCCCC)cc1N=Nc1c(OCC)nn(-c2ccccc2)c1OCC. The average Bonchev–Trinajstić information content (AvgIpc) is 3.36. The van der Waals surface area contributed by atoms with Gasteiger partial charge in [0, 0.05) is 17.0 Å². The molecular formula is C34H42N4O4S. The molecule has 228 valence electrons. The van der Waals surface area contributed by atoms with Crippen LogP contribution in [0.4, 0.5) is 11.4 Å². The summed E-state index contributed by atoms with van der Waals surface area (Å²) in [6, 6.07) is 22.2. The lowest BCUT2D eigenvalue weighted by molar-refractivity contribution is 0.295. The molecule has 0 aliphatic heterocycles. The van der Waals surface area contributed by atoms with Gasteiger partial charge in [0.15, 0.2) is 0 Å². The Morgan fingerprint density at radius 2 is 1.42 bits per heavy atom. The van der Waals surface area contributed by atoms with Crippen molar-refractivity contribution in [2.75, 3.05) is 26.4 Å². The van der Waals surface area contributed by atoms with Gasteiger partial charge in [0.05, 0.1) is 37.0 Å². The van der Waals surface area contributed by atoms with E-state index >= 15 is 0 Å². The maximum atomic E-state index is 6.29. The van der Waals surface area contributed by atoms with Crippen molar-refractivity contribution < 1.29 is 18.9 Å². The number of unbranched alkanes of at least 4 members (excludes halogenated alkanes) is 2. The van der Waals surface area contributed by atoms with E-state index in [1.165, 1.54) is 5.56 Å². The Labute approximate surface area is 259 Å². The van der Waals surface area contributed by atoms with Crippen LogP contribution in [0.5, 0.6) is 23.3 Å². The van der Waals surface area contributed by atoms with E-state index in [-0.39, 0.29) is 0 Å². The monoisotopic (exact) mass is 602 g/mol. The van der Waals surface area contributed by atoms with Crippen LogP contribution in [0.15, 0.2) is 86.7 Å². The van der Waals surface area contributed by atoms with Crippen LogP contribution in [-0.2, 0) is 0 Å². The van der Waals surface area contributed by atoms with Crippen molar-refractivity contribution in [1.29, 1.82) is 0 Å². The van der Waals surface area contributed by atoms with E-state index in [4.69, 9.17) is 24.1 Å². The summed E-state index contributed by atoms with van der Waals surface area (Å²) in [5, 5.41) is 14.0. The zero-order chi connectivity index (χ0) is 30.4. The van der Waals surface area contributed by atoms with Gasteiger partial charge < -0.3 is 18.9 Å². The molecule has 0 amide bonds. The highest BCUT2D eigenvalue weighted by molar-refractivity contribution is 7.99. The summed E-state index contributed by atoms with van der Waals surface area (Å²) >= 11 is 1.65. The molecule has 9 heteroatoms. The van der Waals surface area contributed by atoms with E-state index in [0.717, 1.165) is 46.9 Å². The molecule has 1 aromatic heterocycles. The number of ether oxygens (including phenoxy) is 4. The lowest BCUT2D eigenvalue weighted by Gasteiger charge is -2.15. The minimum absolute atomic E-state index is 0.345. The first-order chi connectivity index (χ1) is 21.1. The van der Waals surface area contributed by atoms with E-state index in [1.807, 2.05) is 56.3 Å². The normalized spacial score (nSPS) is 11.2. The van der Waals surface area contributed by atoms with Crippen molar-refractivity contribution in [3.05, 3.63) is 72.3 Å². The van der Waals surface area contributed by atoms with Gasteiger partial charge in [0.1, 0.15) is 17.2 Å². The molecule has 0 spiro atoms. The van der Waals surface area contributed by atoms with Crippen LogP contribution in [-0.4, -0.2) is 36.2 Å². The van der Waals surface area contributed by atoms with Crippen LogP contribution < -0.4 is 18.9 Å². The molecule has 4 aromatic rings. The van der Waals surface area contributed by atoms with Crippen molar-refractivity contribution in [2.45, 2.75) is 70.1 Å². The third-order valence-corrected chi connectivity index (χ3v) is 7.44. The number of azo groups is 1. The largest absolute Gasteiger partial charge is 0.492 e. The summed E-state index contributed by atoms with van der Waals surface area (Å²) in [6.07, 6.45) is 3.94. The number of aromatic nitrogens is 2. The number of hydrogen-bond donors (Lipinski definition) is 0. The molecular weight excluding hydrogens is 560 g/mol. The summed E-state index contributed by atoms with van der Waals surface area (Å²) in [5.74, 6) is 2.19. The van der Waals surface area contributed by atoms with Crippen molar-refractivity contribution in [3.8, 4) is 28.9 Å². The lowest BCUT2D eigenvalue weighted by Crippen LogP contribution is -2.02. The van der Waals surface area contributed by atoms with Gasteiger partial charge in [-0.05, 0) is 57.9 Å². The van der Waals surface area contributed by atoms with Crippen LogP contribution in [0.1, 0.15) is 58.9 Å². The molecule has 0 fully saturated rings. The van der Waals surface area contributed by atoms with E-state index < -0.39 is 0 Å². The van der Waals surface area contributed by atoms with Crippen molar-refractivity contribution in [3.63, 3.8) is 0 Å². The van der Waals surface area contributed by atoms with Crippen molar-refractivity contribution >= 4 is 23.1 Å². The smallest absolute Gasteiger partial charge is 0.265 e. The number of hydrogen-bond acceptors (Lipinski definition) is 8. The van der Waals surface area contributed by atoms with Gasteiger partial charge in [-0.1, -0.05) is 74.3 Å². The van der Waals surface area contributed by atoms with Gasteiger partial charge in [-0.15, -0.1) is 15.3 Å². The Bertz CT molecular complexity index is 1460. The molecule has 0 atom stereocenters. The second-order valence-electron chi connectivity index (χ2n) is 9.86. The third kappa shape index (κ3) is 8.76. The number of rotatable bonds is 17.